The zero-order chi connectivity index (χ0) is 17.6. The first-order valence-electron chi connectivity index (χ1n) is 7.91. The van der Waals surface area contributed by atoms with Crippen LogP contribution in [0.5, 0.6) is 5.75 Å². The lowest BCUT2D eigenvalue weighted by atomic mass is 10.1. The van der Waals surface area contributed by atoms with Crippen molar-refractivity contribution in [2.45, 2.75) is 19.4 Å². The van der Waals surface area contributed by atoms with E-state index in [1.54, 1.807) is 31.8 Å². The van der Waals surface area contributed by atoms with Gasteiger partial charge in [0.05, 0.1) is 18.5 Å². The van der Waals surface area contributed by atoms with Gasteiger partial charge in [0.15, 0.2) is 0 Å². The highest BCUT2D eigenvalue weighted by Crippen LogP contribution is 2.21. The third kappa shape index (κ3) is 4.20. The van der Waals surface area contributed by atoms with Gasteiger partial charge in [-0.15, -0.1) is 0 Å². The van der Waals surface area contributed by atoms with Gasteiger partial charge < -0.3 is 10.1 Å². The van der Waals surface area contributed by atoms with Crippen molar-refractivity contribution in [3.8, 4) is 17.0 Å². The predicted octanol–water partition coefficient (Wildman–Crippen LogP) is 2.24. The molecule has 0 aliphatic heterocycles. The van der Waals surface area contributed by atoms with Crippen LogP contribution >= 0.6 is 0 Å². The molecule has 0 bridgehead atoms. The molecule has 1 aromatic carbocycles. The number of rotatable bonds is 6. The molecule has 3 aromatic rings. The second-order valence-electron chi connectivity index (χ2n) is 5.67. The normalized spacial score (nSPS) is 11.8. The third-order valence-corrected chi connectivity index (χ3v) is 3.72. The maximum atomic E-state index is 12.4. The standard InChI is InChI=1S/C18H19N5O2/c1-12(9-14-11-19-7-8-20-14)21-18(24)17-10-16(22-23-17)13-3-5-15(25-2)6-4-13/h3-8,10-12H,9H2,1-2H3,(H,21,24)(H,22,23)/t12-/m1/s1. The zero-order valence-electron chi connectivity index (χ0n) is 14.1. The van der Waals surface area contributed by atoms with E-state index < -0.39 is 0 Å². The van der Waals surface area contributed by atoms with Crippen LogP contribution in [-0.2, 0) is 6.42 Å². The van der Waals surface area contributed by atoms with Crippen molar-refractivity contribution in [3.63, 3.8) is 0 Å². The number of methoxy groups -OCH3 is 1. The van der Waals surface area contributed by atoms with Crippen LogP contribution in [0.4, 0.5) is 0 Å². The first-order valence-corrected chi connectivity index (χ1v) is 7.91. The molecule has 0 radical (unpaired) electrons. The minimum Gasteiger partial charge on any atom is -0.497 e. The minimum atomic E-state index is -0.205. The molecule has 7 nitrogen and oxygen atoms in total. The van der Waals surface area contributed by atoms with Crippen molar-refractivity contribution in [1.82, 2.24) is 25.5 Å². The Morgan fingerprint density at radius 3 is 2.76 bits per heavy atom. The summed E-state index contributed by atoms with van der Waals surface area (Å²) in [6, 6.07) is 9.16. The summed E-state index contributed by atoms with van der Waals surface area (Å²) in [5.41, 5.74) is 2.86. The summed E-state index contributed by atoms with van der Waals surface area (Å²) in [6.07, 6.45) is 5.57. The fraction of sp³-hybridized carbons (Fsp3) is 0.222. The first-order chi connectivity index (χ1) is 12.2. The molecule has 1 atom stereocenters. The maximum absolute atomic E-state index is 12.4. The van der Waals surface area contributed by atoms with Crippen molar-refractivity contribution in [2.24, 2.45) is 0 Å². The number of H-pyrrole nitrogens is 1. The number of aromatic nitrogens is 4. The van der Waals surface area contributed by atoms with Crippen LogP contribution in [0.2, 0.25) is 0 Å². The second kappa shape index (κ2) is 7.57. The van der Waals surface area contributed by atoms with Crippen LogP contribution in [0.3, 0.4) is 0 Å². The quantitative estimate of drug-likeness (QED) is 0.719. The summed E-state index contributed by atoms with van der Waals surface area (Å²) in [6.45, 7) is 1.92. The molecule has 2 aromatic heterocycles. The fourth-order valence-corrected chi connectivity index (χ4v) is 2.45. The van der Waals surface area contributed by atoms with E-state index in [9.17, 15) is 4.79 Å². The average Bonchev–Trinajstić information content (AvgIpc) is 3.13. The number of amides is 1. The van der Waals surface area contributed by atoms with E-state index in [1.807, 2.05) is 31.2 Å². The predicted molar refractivity (Wildman–Crippen MR) is 93.2 cm³/mol. The largest absolute Gasteiger partial charge is 0.497 e. The van der Waals surface area contributed by atoms with Gasteiger partial charge in [-0.25, -0.2) is 0 Å². The number of aromatic amines is 1. The van der Waals surface area contributed by atoms with Crippen LogP contribution in [0.1, 0.15) is 23.1 Å². The molecule has 0 unspecified atom stereocenters. The number of benzene rings is 1. The Kier molecular flexibility index (Phi) is 5.03. The van der Waals surface area contributed by atoms with Crippen LogP contribution in [0, 0.1) is 0 Å². The van der Waals surface area contributed by atoms with E-state index in [0.717, 1.165) is 17.0 Å². The second-order valence-corrected chi connectivity index (χ2v) is 5.67. The lowest BCUT2D eigenvalue weighted by molar-refractivity contribution is 0.0935. The number of carbonyl (C=O) groups excluding carboxylic acids is 1. The van der Waals surface area contributed by atoms with Gasteiger partial charge in [0.25, 0.3) is 5.91 Å². The monoisotopic (exact) mass is 337 g/mol. The molecule has 1 amide bonds. The first kappa shape index (κ1) is 16.6. The van der Waals surface area contributed by atoms with Gasteiger partial charge in [0.1, 0.15) is 11.4 Å². The minimum absolute atomic E-state index is 0.0723. The van der Waals surface area contributed by atoms with Gasteiger partial charge in [0, 0.05) is 36.6 Å². The number of nitrogens with zero attached hydrogens (tertiary/aromatic N) is 3. The van der Waals surface area contributed by atoms with Crippen molar-refractivity contribution in [1.29, 1.82) is 0 Å². The fourth-order valence-electron chi connectivity index (χ4n) is 2.45. The lowest BCUT2D eigenvalue weighted by Crippen LogP contribution is -2.34. The number of nitrogens with one attached hydrogen (secondary N) is 2. The van der Waals surface area contributed by atoms with Crippen molar-refractivity contribution in [2.75, 3.05) is 7.11 Å². The Labute approximate surface area is 145 Å². The van der Waals surface area contributed by atoms with Crippen LogP contribution < -0.4 is 10.1 Å². The highest BCUT2D eigenvalue weighted by Gasteiger charge is 2.14. The maximum Gasteiger partial charge on any atom is 0.269 e. The van der Waals surface area contributed by atoms with Crippen molar-refractivity contribution in [3.05, 3.63) is 60.3 Å². The van der Waals surface area contributed by atoms with E-state index >= 15 is 0 Å². The SMILES string of the molecule is COc1ccc(-c2cc(C(=O)N[C@H](C)Cc3cnccn3)[nH]n2)cc1. The topological polar surface area (TPSA) is 92.8 Å². The third-order valence-electron chi connectivity index (χ3n) is 3.72. The molecule has 0 aliphatic carbocycles. The molecule has 0 saturated carbocycles. The van der Waals surface area contributed by atoms with E-state index in [1.165, 1.54) is 0 Å². The number of carbonyl (C=O) groups is 1. The number of ether oxygens (including phenoxy) is 1. The molecule has 2 N–H and O–H groups in total. The summed E-state index contributed by atoms with van der Waals surface area (Å²) in [5, 5.41) is 9.92. The molecule has 25 heavy (non-hydrogen) atoms. The van der Waals surface area contributed by atoms with Gasteiger partial charge in [-0.2, -0.15) is 5.10 Å². The summed E-state index contributed by atoms with van der Waals surface area (Å²) < 4.78 is 5.14. The van der Waals surface area contributed by atoms with E-state index in [0.29, 0.717) is 17.8 Å². The molecular weight excluding hydrogens is 318 g/mol. The Morgan fingerprint density at radius 1 is 1.28 bits per heavy atom. The molecule has 3 rings (SSSR count). The van der Waals surface area contributed by atoms with Gasteiger partial charge in [0.2, 0.25) is 0 Å². The molecule has 0 fully saturated rings. The van der Waals surface area contributed by atoms with E-state index in [2.05, 4.69) is 25.5 Å². The Morgan fingerprint density at radius 2 is 2.08 bits per heavy atom. The van der Waals surface area contributed by atoms with Gasteiger partial charge in [-0.05, 0) is 37.3 Å². The lowest BCUT2D eigenvalue weighted by Gasteiger charge is -2.12. The van der Waals surface area contributed by atoms with Crippen LogP contribution in [-0.4, -0.2) is 39.2 Å². The number of hydrogen-bond acceptors (Lipinski definition) is 5. The molecule has 7 heteroatoms. The summed E-state index contributed by atoms with van der Waals surface area (Å²) in [5.74, 6) is 0.568. The Bertz CT molecular complexity index is 830. The van der Waals surface area contributed by atoms with Gasteiger partial charge in [-0.1, -0.05) is 0 Å². The summed E-state index contributed by atoms with van der Waals surface area (Å²) in [7, 11) is 1.62. The van der Waals surface area contributed by atoms with E-state index in [4.69, 9.17) is 4.74 Å². The smallest absolute Gasteiger partial charge is 0.269 e. The number of hydrogen-bond donors (Lipinski definition) is 2. The molecule has 0 saturated heterocycles. The molecular formula is C18H19N5O2. The van der Waals surface area contributed by atoms with Gasteiger partial charge in [-0.3, -0.25) is 19.9 Å². The molecule has 0 spiro atoms. The van der Waals surface area contributed by atoms with Gasteiger partial charge >= 0.3 is 0 Å². The van der Waals surface area contributed by atoms with Crippen molar-refractivity contribution >= 4 is 5.91 Å². The highest BCUT2D eigenvalue weighted by molar-refractivity contribution is 5.93. The van der Waals surface area contributed by atoms with E-state index in [-0.39, 0.29) is 11.9 Å². The Balaban J connectivity index is 1.63. The highest BCUT2D eigenvalue weighted by atomic mass is 16.5. The van der Waals surface area contributed by atoms with Crippen molar-refractivity contribution < 1.29 is 9.53 Å². The summed E-state index contributed by atoms with van der Waals surface area (Å²) >= 11 is 0. The average molecular weight is 337 g/mol. The van der Waals surface area contributed by atoms with Crippen LogP contribution in [0.15, 0.2) is 48.9 Å². The molecule has 128 valence electrons. The molecule has 2 heterocycles. The summed E-state index contributed by atoms with van der Waals surface area (Å²) in [4.78, 5) is 20.6. The zero-order valence-corrected chi connectivity index (χ0v) is 14.1. The molecule has 0 aliphatic rings. The van der Waals surface area contributed by atoms with Crippen LogP contribution in [0.25, 0.3) is 11.3 Å². The Hall–Kier alpha value is -3.22.